The number of nitrogens with zero attached hydrogens (tertiary/aromatic N) is 2. The van der Waals surface area contributed by atoms with Crippen LogP contribution in [0.25, 0.3) is 0 Å². The van der Waals surface area contributed by atoms with E-state index >= 15 is 0 Å². The Bertz CT molecular complexity index is 1330. The highest BCUT2D eigenvalue weighted by Gasteiger charge is 2.74. The molecule has 1 aliphatic rings. The van der Waals surface area contributed by atoms with Crippen molar-refractivity contribution in [2.45, 2.75) is 30.9 Å². The number of hydrogen-bond donors (Lipinski definition) is 2. The van der Waals surface area contributed by atoms with E-state index in [1.54, 1.807) is 5.32 Å². The van der Waals surface area contributed by atoms with Gasteiger partial charge in [0.1, 0.15) is 6.54 Å². The van der Waals surface area contributed by atoms with Crippen LogP contribution in [-0.4, -0.2) is 53.9 Å². The zero-order valence-electron chi connectivity index (χ0n) is 19.4. The molecule has 39 heavy (non-hydrogen) atoms. The number of benzene rings is 2. The van der Waals surface area contributed by atoms with Crippen molar-refractivity contribution in [3.8, 4) is 0 Å². The molecule has 0 spiro atoms. The molecular formula is C22H16Cl2F6N4O5. The standard InChI is InChI=1S/C22H16Cl2F6N4O5/c1-10-4-11(2-3-15(10)19(36)31-8-16(35)32-9-20(25,26)27)17-18(34(37)38)21(39-33-17,22(28,29)30)12-5-13(23)7-14(24)6-12/h2-7,18H,8-9H2,1H3,(H,31,36)(H,32,35). The Morgan fingerprint density at radius 3 is 2.21 bits per heavy atom. The normalized spacial score (nSPS) is 19.2. The fourth-order valence-electron chi connectivity index (χ4n) is 3.82. The first-order valence-electron chi connectivity index (χ1n) is 10.6. The number of aryl methyl sites for hydroxylation is 1. The van der Waals surface area contributed by atoms with E-state index in [-0.39, 0.29) is 26.7 Å². The van der Waals surface area contributed by atoms with Gasteiger partial charge in [-0.05, 0) is 42.8 Å². The monoisotopic (exact) mass is 600 g/mol. The fourth-order valence-corrected chi connectivity index (χ4v) is 4.34. The van der Waals surface area contributed by atoms with Gasteiger partial charge in [0.15, 0.2) is 5.71 Å². The topological polar surface area (TPSA) is 123 Å². The lowest BCUT2D eigenvalue weighted by atomic mass is 9.82. The third-order valence-electron chi connectivity index (χ3n) is 5.52. The van der Waals surface area contributed by atoms with Crippen LogP contribution in [-0.2, 0) is 15.2 Å². The molecule has 0 bridgehead atoms. The first-order chi connectivity index (χ1) is 18.0. The van der Waals surface area contributed by atoms with Crippen molar-refractivity contribution in [3.63, 3.8) is 0 Å². The number of nitro groups is 1. The van der Waals surface area contributed by atoms with Gasteiger partial charge >= 0.3 is 24.0 Å². The summed E-state index contributed by atoms with van der Waals surface area (Å²) in [7, 11) is 0. The predicted octanol–water partition coefficient (Wildman–Crippen LogP) is 4.55. The molecule has 2 unspecified atom stereocenters. The van der Waals surface area contributed by atoms with Gasteiger partial charge in [0, 0.05) is 31.7 Å². The van der Waals surface area contributed by atoms with Crippen molar-refractivity contribution in [2.24, 2.45) is 5.16 Å². The second-order valence-electron chi connectivity index (χ2n) is 8.25. The molecule has 0 aromatic heterocycles. The van der Waals surface area contributed by atoms with Gasteiger partial charge in [0.05, 0.1) is 6.54 Å². The molecule has 2 atom stereocenters. The maximum atomic E-state index is 14.4. The Balaban J connectivity index is 1.90. The molecule has 0 saturated heterocycles. The first kappa shape index (κ1) is 30.0. The average molecular weight is 601 g/mol. The molecule has 2 amide bonds. The highest BCUT2D eigenvalue weighted by molar-refractivity contribution is 6.34. The van der Waals surface area contributed by atoms with E-state index in [2.05, 4.69) is 10.5 Å². The lowest BCUT2D eigenvalue weighted by Crippen LogP contribution is -2.56. The molecule has 3 rings (SSSR count). The molecule has 17 heteroatoms. The van der Waals surface area contributed by atoms with E-state index in [1.807, 2.05) is 0 Å². The van der Waals surface area contributed by atoms with Gasteiger partial charge in [-0.2, -0.15) is 26.3 Å². The lowest BCUT2D eigenvalue weighted by Gasteiger charge is -2.30. The summed E-state index contributed by atoms with van der Waals surface area (Å²) in [6.45, 7) is -1.05. The number of hydrogen-bond acceptors (Lipinski definition) is 6. The second kappa shape index (κ2) is 10.9. The van der Waals surface area contributed by atoms with Gasteiger partial charge in [-0.25, -0.2) is 0 Å². The van der Waals surface area contributed by atoms with Crippen LogP contribution in [0.1, 0.15) is 27.0 Å². The Morgan fingerprint density at radius 2 is 1.69 bits per heavy atom. The van der Waals surface area contributed by atoms with E-state index in [1.165, 1.54) is 6.92 Å². The van der Waals surface area contributed by atoms with Crippen LogP contribution in [0.4, 0.5) is 26.3 Å². The number of nitrogens with one attached hydrogen (secondary N) is 2. The molecule has 210 valence electrons. The Labute approximate surface area is 225 Å². The van der Waals surface area contributed by atoms with Crippen molar-refractivity contribution >= 4 is 40.7 Å². The maximum Gasteiger partial charge on any atom is 0.443 e. The van der Waals surface area contributed by atoms with Crippen molar-refractivity contribution in [1.29, 1.82) is 0 Å². The van der Waals surface area contributed by atoms with E-state index in [0.717, 1.165) is 36.4 Å². The zero-order chi connectivity index (χ0) is 29.3. The molecule has 0 saturated carbocycles. The van der Waals surface area contributed by atoms with Gasteiger partial charge in [0.2, 0.25) is 5.91 Å². The van der Waals surface area contributed by atoms with E-state index in [0.29, 0.717) is 0 Å². The predicted molar refractivity (Wildman–Crippen MR) is 125 cm³/mol. The lowest BCUT2D eigenvalue weighted by molar-refractivity contribution is -0.540. The molecule has 1 heterocycles. The van der Waals surface area contributed by atoms with Crippen LogP contribution in [0.2, 0.25) is 10.0 Å². The quantitative estimate of drug-likeness (QED) is 0.274. The number of carbonyl (C=O) groups is 2. The number of rotatable bonds is 7. The summed E-state index contributed by atoms with van der Waals surface area (Å²) in [6, 6.07) is 3.46. The first-order valence-corrected chi connectivity index (χ1v) is 11.4. The number of oxime groups is 1. The Morgan fingerprint density at radius 1 is 1.08 bits per heavy atom. The molecule has 0 fully saturated rings. The van der Waals surface area contributed by atoms with Crippen molar-refractivity contribution in [3.05, 3.63) is 78.8 Å². The summed E-state index contributed by atoms with van der Waals surface area (Å²) in [4.78, 5) is 39.5. The van der Waals surface area contributed by atoms with E-state index < -0.39 is 65.1 Å². The number of carbonyl (C=O) groups excluding carboxylic acids is 2. The highest BCUT2D eigenvalue weighted by atomic mass is 35.5. The van der Waals surface area contributed by atoms with Crippen LogP contribution in [0.15, 0.2) is 41.6 Å². The molecule has 1 aliphatic heterocycles. The average Bonchev–Trinajstić information content (AvgIpc) is 3.22. The maximum absolute atomic E-state index is 14.4. The summed E-state index contributed by atoms with van der Waals surface area (Å²) >= 11 is 11.7. The van der Waals surface area contributed by atoms with Crippen LogP contribution in [0, 0.1) is 17.0 Å². The number of amides is 2. The fraction of sp³-hybridized carbons (Fsp3) is 0.318. The molecule has 0 radical (unpaired) electrons. The second-order valence-corrected chi connectivity index (χ2v) is 9.12. The Hall–Kier alpha value is -3.59. The molecular weight excluding hydrogens is 585 g/mol. The summed E-state index contributed by atoms with van der Waals surface area (Å²) in [6.07, 6.45) is -10.0. The van der Waals surface area contributed by atoms with E-state index in [9.17, 15) is 46.0 Å². The van der Waals surface area contributed by atoms with Crippen molar-refractivity contribution < 1.29 is 45.7 Å². The largest absolute Gasteiger partial charge is 0.443 e. The van der Waals surface area contributed by atoms with Crippen molar-refractivity contribution in [1.82, 2.24) is 10.6 Å². The van der Waals surface area contributed by atoms with Crippen molar-refractivity contribution in [2.75, 3.05) is 13.1 Å². The third kappa shape index (κ3) is 6.36. The minimum atomic E-state index is -5.37. The van der Waals surface area contributed by atoms with E-state index in [4.69, 9.17) is 28.0 Å². The summed E-state index contributed by atoms with van der Waals surface area (Å²) < 4.78 is 79.9. The minimum absolute atomic E-state index is 0.0980. The van der Waals surface area contributed by atoms with Crippen LogP contribution in [0.3, 0.4) is 0 Å². The van der Waals surface area contributed by atoms with Gasteiger partial charge in [0.25, 0.3) is 5.91 Å². The molecule has 9 nitrogen and oxygen atoms in total. The van der Waals surface area contributed by atoms with Gasteiger partial charge < -0.3 is 15.5 Å². The molecule has 2 aromatic carbocycles. The molecule has 0 aliphatic carbocycles. The van der Waals surface area contributed by atoms with Gasteiger partial charge in [-0.1, -0.05) is 34.4 Å². The highest BCUT2D eigenvalue weighted by Crippen LogP contribution is 2.50. The van der Waals surface area contributed by atoms with Gasteiger partial charge in [-0.15, -0.1) is 0 Å². The summed E-state index contributed by atoms with van der Waals surface area (Å²) in [5.74, 6) is -2.01. The van der Waals surface area contributed by atoms with Crippen LogP contribution in [0.5, 0.6) is 0 Å². The number of halogens is 8. The van der Waals surface area contributed by atoms with Gasteiger partial charge in [-0.3, -0.25) is 19.7 Å². The molecule has 2 N–H and O–H groups in total. The van der Waals surface area contributed by atoms with Crippen LogP contribution < -0.4 is 10.6 Å². The Kier molecular flexibility index (Phi) is 8.36. The SMILES string of the molecule is Cc1cc(C2=NOC(c3cc(Cl)cc(Cl)c3)(C(F)(F)F)C2[N+](=O)[O-])ccc1C(=O)NCC(=O)NCC(F)(F)F. The van der Waals surface area contributed by atoms with Crippen LogP contribution >= 0.6 is 23.2 Å². The minimum Gasteiger partial charge on any atom is -0.366 e. The summed E-state index contributed by atoms with van der Waals surface area (Å²) in [5, 5.41) is 18.6. The molecule has 2 aromatic rings. The number of alkyl halides is 6. The summed E-state index contributed by atoms with van der Waals surface area (Å²) in [5.41, 5.74) is -5.26. The zero-order valence-corrected chi connectivity index (χ0v) is 20.9. The smallest absolute Gasteiger partial charge is 0.366 e. The third-order valence-corrected chi connectivity index (χ3v) is 5.95.